The quantitative estimate of drug-likeness (QED) is 0.0211. The van der Waals surface area contributed by atoms with Crippen LogP contribution in [-0.4, -0.2) is 195 Å². The molecule has 17 N–H and O–H groups in total. The Morgan fingerprint density at radius 2 is 1.20 bits per heavy atom. The highest BCUT2D eigenvalue weighted by molar-refractivity contribution is 8.77. The molecule has 33 heteroatoms. The monoisotopic (exact) mass is 1140 g/mol. The molecule has 1 aromatic carbocycles. The molecule has 418 valence electrons. The second-order valence-corrected chi connectivity index (χ2v) is 22.0. The maximum Gasteiger partial charge on any atom is 0.322 e. The van der Waals surface area contributed by atoms with E-state index in [0.717, 1.165) is 43.2 Å². The topological polar surface area (TPSA) is 465 Å². The zero-order valence-electron chi connectivity index (χ0n) is 40.9. The van der Waals surface area contributed by atoms with E-state index >= 15 is 0 Å². The molecule has 0 bridgehead atoms. The van der Waals surface area contributed by atoms with Gasteiger partial charge in [0.2, 0.25) is 59.1 Å². The number of hydrogen-bond acceptors (Lipinski definition) is 19. The van der Waals surface area contributed by atoms with Gasteiger partial charge in [0, 0.05) is 36.0 Å². The molecule has 2 fully saturated rings. The molecule has 2 saturated heterocycles. The summed E-state index contributed by atoms with van der Waals surface area (Å²) in [7, 11) is 3.98. The molecule has 3 rings (SSSR count). The molecule has 0 spiro atoms. The molecule has 9 atom stereocenters. The van der Waals surface area contributed by atoms with E-state index in [4.69, 9.17) is 16.2 Å². The Morgan fingerprint density at radius 1 is 0.645 bits per heavy atom. The van der Waals surface area contributed by atoms with Crippen LogP contribution >= 0.6 is 43.2 Å². The minimum absolute atomic E-state index is 0.0860. The fourth-order valence-electron chi connectivity index (χ4n) is 6.63. The number of carboxylic acids is 3. The number of carboxylic acid groups (broad SMARTS) is 3. The number of hydrogen-bond donors (Lipinski definition) is 16. The maximum atomic E-state index is 13.9. The Labute approximate surface area is 450 Å². The normalized spacial score (nSPS) is 21.6. The molecule has 2 heterocycles. The lowest BCUT2D eigenvalue weighted by Gasteiger charge is -2.25. The van der Waals surface area contributed by atoms with Gasteiger partial charge in [-0.2, -0.15) is 0 Å². The van der Waals surface area contributed by atoms with Crippen LogP contribution in [0, 0.1) is 5.41 Å². The first kappa shape index (κ1) is 63.5. The fraction of sp³-hybridized carbons (Fsp3) is 0.535. The van der Waals surface area contributed by atoms with Gasteiger partial charge >= 0.3 is 17.9 Å². The molecule has 29 nitrogen and oxygen atoms in total. The van der Waals surface area contributed by atoms with Gasteiger partial charge in [-0.05, 0) is 32.3 Å². The predicted octanol–water partition coefficient (Wildman–Crippen LogP) is -5.12. The van der Waals surface area contributed by atoms with Crippen molar-refractivity contribution in [1.82, 2.24) is 58.5 Å². The second-order valence-electron chi connectivity index (χ2n) is 16.9. The molecular formula is C43H61N13O16S4. The predicted molar refractivity (Wildman–Crippen MR) is 278 cm³/mol. The Kier molecular flexibility index (Phi) is 27.2. The van der Waals surface area contributed by atoms with E-state index in [-0.39, 0.29) is 54.7 Å². The van der Waals surface area contributed by atoms with Gasteiger partial charge in [-0.25, -0.2) is 0 Å². The summed E-state index contributed by atoms with van der Waals surface area (Å²) < 4.78 is 0. The van der Waals surface area contributed by atoms with Crippen LogP contribution in [0.4, 0.5) is 0 Å². The number of amides is 10. The van der Waals surface area contributed by atoms with Crippen molar-refractivity contribution in [3.8, 4) is 0 Å². The van der Waals surface area contributed by atoms with Crippen molar-refractivity contribution in [2.45, 2.75) is 100 Å². The summed E-state index contributed by atoms with van der Waals surface area (Å²) in [4.78, 5) is 169. The summed E-state index contributed by atoms with van der Waals surface area (Å²) in [6, 6.07) is -4.42. The van der Waals surface area contributed by atoms with E-state index in [9.17, 15) is 72.5 Å². The molecule has 1 aromatic rings. The summed E-state index contributed by atoms with van der Waals surface area (Å²) in [6.07, 6.45) is -2.02. The van der Waals surface area contributed by atoms with Crippen LogP contribution < -0.4 is 64.2 Å². The zero-order valence-corrected chi connectivity index (χ0v) is 44.2. The summed E-state index contributed by atoms with van der Waals surface area (Å²) >= 11 is 0. The molecule has 0 aromatic heterocycles. The SMILES string of the molecule is CC(=N)NCCC[C@H](NC(=O)[C@@H]1CSSC[C@H](NC(=O)[C@H](C)N)C(=O)N[C@@H](CC(=O)O)C(=O)N1)C(=O)NCC(=O)N[C@@H](CC(=O)O)C(=O)N[C@H]1CSSC[C@@H](C(=O)NCC(=O)O)NC(=O)[C@H](Cc2ccccc2)NC1=O. The average Bonchev–Trinajstić information content (AvgIpc) is 3.39. The third kappa shape index (κ3) is 23.4. The van der Waals surface area contributed by atoms with Crippen molar-refractivity contribution in [1.29, 1.82) is 5.41 Å². The van der Waals surface area contributed by atoms with Crippen molar-refractivity contribution in [2.75, 3.05) is 42.6 Å². The zero-order chi connectivity index (χ0) is 56.5. The number of carbonyl (C=O) groups excluding carboxylic acids is 10. The lowest BCUT2D eigenvalue weighted by Crippen LogP contribution is -2.60. The fourth-order valence-corrected chi connectivity index (χ4v) is 11.3. The number of nitrogens with one attached hydrogen (secondary N) is 12. The van der Waals surface area contributed by atoms with Crippen molar-refractivity contribution in [3.05, 3.63) is 35.9 Å². The Morgan fingerprint density at radius 3 is 1.75 bits per heavy atom. The van der Waals surface area contributed by atoms with Crippen molar-refractivity contribution >= 4 is 126 Å². The summed E-state index contributed by atoms with van der Waals surface area (Å²) in [6.45, 7) is 1.34. The van der Waals surface area contributed by atoms with Gasteiger partial charge in [-0.3, -0.25) is 67.7 Å². The molecule has 0 aliphatic carbocycles. The Hall–Kier alpha value is -6.84. The smallest absolute Gasteiger partial charge is 0.322 e. The van der Waals surface area contributed by atoms with Crippen molar-refractivity contribution in [3.63, 3.8) is 0 Å². The second kappa shape index (κ2) is 32.6. The van der Waals surface area contributed by atoms with E-state index in [1.807, 2.05) is 0 Å². The van der Waals surface area contributed by atoms with Crippen LogP contribution in [0.2, 0.25) is 0 Å². The average molecular weight is 1140 g/mol. The van der Waals surface area contributed by atoms with Gasteiger partial charge in [0.05, 0.1) is 31.3 Å². The molecule has 2 aliphatic heterocycles. The van der Waals surface area contributed by atoms with Gasteiger partial charge in [-0.1, -0.05) is 73.5 Å². The third-order valence-electron chi connectivity index (χ3n) is 10.5. The summed E-state index contributed by atoms with van der Waals surface area (Å²) in [5, 5.41) is 62.5. The van der Waals surface area contributed by atoms with Gasteiger partial charge in [0.15, 0.2) is 0 Å². The van der Waals surface area contributed by atoms with Gasteiger partial charge < -0.3 is 79.5 Å². The van der Waals surface area contributed by atoms with E-state index in [0.29, 0.717) is 5.56 Å². The largest absolute Gasteiger partial charge is 0.481 e. The number of nitrogens with two attached hydrogens (primary N) is 1. The van der Waals surface area contributed by atoms with Gasteiger partial charge in [0.1, 0.15) is 54.9 Å². The molecule has 0 saturated carbocycles. The van der Waals surface area contributed by atoms with Crippen LogP contribution in [0.15, 0.2) is 30.3 Å². The summed E-state index contributed by atoms with van der Waals surface area (Å²) in [5.41, 5.74) is 6.21. The molecule has 0 radical (unpaired) electrons. The highest BCUT2D eigenvalue weighted by Gasteiger charge is 2.36. The summed E-state index contributed by atoms with van der Waals surface area (Å²) in [5.74, 6) is -14.4. The first-order chi connectivity index (χ1) is 35.9. The van der Waals surface area contributed by atoms with Crippen LogP contribution in [-0.2, 0) is 68.7 Å². The lowest BCUT2D eigenvalue weighted by atomic mass is 10.0. The Balaban J connectivity index is 1.78. The van der Waals surface area contributed by atoms with Crippen LogP contribution in [0.5, 0.6) is 0 Å². The number of rotatable bonds is 23. The van der Waals surface area contributed by atoms with Crippen LogP contribution in [0.1, 0.15) is 45.1 Å². The first-order valence-corrected chi connectivity index (χ1v) is 28.1. The first-order valence-electron chi connectivity index (χ1n) is 23.1. The third-order valence-corrected chi connectivity index (χ3v) is 15.4. The number of aliphatic carboxylic acids is 3. The maximum absolute atomic E-state index is 13.9. The highest BCUT2D eigenvalue weighted by Crippen LogP contribution is 2.25. The standard InChI is InChI=1S/C43H61N13O16S4/c1-20(44)35(64)53-28-17-74-76-18-29(56-40(69)26(13-33(60)61)52-42(28)71)41(70)50-23(9-6-10-46-21(2)45)36(65)47-14-31(57)49-25(12-32(58)59)39(68)55-30-19-75-73-16-27(37(66)48-15-34(62)63)54-38(67)24(51-43(30)72)11-22-7-4-3-5-8-22/h3-5,7-8,20,23-30H,6,9-19,44H2,1-2H3,(H2,45,46)(H,47,65)(H,48,66)(H,49,57)(H,50,70)(H,51,72)(H,52,71)(H,53,64)(H,54,67)(H,55,68)(H,56,69)(H,58,59)(H,60,61)(H,62,63)/t20-,23-,24-,25-,26-,27-,28-,29-,30-/m0/s1. The number of benzene rings is 1. The van der Waals surface area contributed by atoms with E-state index in [1.54, 1.807) is 30.3 Å². The van der Waals surface area contributed by atoms with Crippen molar-refractivity contribution < 1.29 is 77.6 Å². The Bertz CT molecular complexity index is 2320. The van der Waals surface area contributed by atoms with Gasteiger partial charge in [0.25, 0.3) is 0 Å². The minimum Gasteiger partial charge on any atom is -0.481 e. The lowest BCUT2D eigenvalue weighted by molar-refractivity contribution is -0.141. The van der Waals surface area contributed by atoms with E-state index < -0.39 is 157 Å². The van der Waals surface area contributed by atoms with Gasteiger partial charge in [-0.15, -0.1) is 0 Å². The van der Waals surface area contributed by atoms with E-state index in [2.05, 4.69) is 58.5 Å². The van der Waals surface area contributed by atoms with Crippen LogP contribution in [0.3, 0.4) is 0 Å². The molecule has 2 aliphatic rings. The van der Waals surface area contributed by atoms with Crippen LogP contribution in [0.25, 0.3) is 0 Å². The molecular weight excluding hydrogens is 1080 g/mol. The number of carbonyl (C=O) groups is 13. The molecule has 76 heavy (non-hydrogen) atoms. The minimum atomic E-state index is -1.86. The van der Waals surface area contributed by atoms with E-state index in [1.165, 1.54) is 13.8 Å². The molecule has 0 unspecified atom stereocenters. The highest BCUT2D eigenvalue weighted by atomic mass is 33.1. The number of amidine groups is 1. The van der Waals surface area contributed by atoms with Crippen molar-refractivity contribution in [2.24, 2.45) is 5.73 Å². The molecule has 10 amide bonds.